The number of benzene rings is 2. The summed E-state index contributed by atoms with van der Waals surface area (Å²) in [7, 11) is 1.59. The maximum absolute atomic E-state index is 13.3. The maximum Gasteiger partial charge on any atom is 0.319 e. The number of anilines is 1. The van der Waals surface area contributed by atoms with Crippen molar-refractivity contribution in [1.29, 1.82) is 0 Å². The van der Waals surface area contributed by atoms with Gasteiger partial charge in [-0.3, -0.25) is 0 Å². The van der Waals surface area contributed by atoms with Gasteiger partial charge in [0.1, 0.15) is 5.82 Å². The SMILES string of the molecule is COCc1cc(Cl)ccc1NC(=O)NC1C2Cc3cc(F)ccc3C21. The van der Waals surface area contributed by atoms with Crippen LogP contribution < -0.4 is 10.6 Å². The minimum Gasteiger partial charge on any atom is -0.380 e. The Morgan fingerprint density at radius 1 is 1.32 bits per heavy atom. The van der Waals surface area contributed by atoms with Crippen LogP contribution in [0.3, 0.4) is 0 Å². The zero-order valence-corrected chi connectivity index (χ0v) is 14.4. The quantitative estimate of drug-likeness (QED) is 0.863. The molecule has 4 rings (SSSR count). The number of carbonyl (C=O) groups is 1. The average Bonchev–Trinajstić information content (AvgIpc) is 3.07. The summed E-state index contributed by atoms with van der Waals surface area (Å²) in [6.07, 6.45) is 0.818. The predicted molar refractivity (Wildman–Crippen MR) is 94.4 cm³/mol. The van der Waals surface area contributed by atoms with E-state index in [4.69, 9.17) is 16.3 Å². The zero-order chi connectivity index (χ0) is 17.6. The molecule has 0 radical (unpaired) electrons. The number of rotatable bonds is 4. The number of halogens is 2. The number of nitrogens with one attached hydrogen (secondary N) is 2. The van der Waals surface area contributed by atoms with E-state index in [2.05, 4.69) is 10.6 Å². The van der Waals surface area contributed by atoms with Crippen LogP contribution in [0.4, 0.5) is 14.9 Å². The second-order valence-electron chi connectivity index (χ2n) is 6.60. The molecule has 2 N–H and O–H groups in total. The fourth-order valence-corrected chi connectivity index (χ4v) is 4.04. The fraction of sp³-hybridized carbons (Fsp3) is 0.316. The number of urea groups is 1. The smallest absolute Gasteiger partial charge is 0.319 e. The second-order valence-corrected chi connectivity index (χ2v) is 7.03. The number of hydrogen-bond acceptors (Lipinski definition) is 2. The van der Waals surface area contributed by atoms with Crippen LogP contribution in [0.5, 0.6) is 0 Å². The Hall–Kier alpha value is -2.11. The third-order valence-electron chi connectivity index (χ3n) is 5.00. The Kier molecular flexibility index (Phi) is 4.13. The summed E-state index contributed by atoms with van der Waals surface area (Å²) >= 11 is 6.00. The lowest BCUT2D eigenvalue weighted by molar-refractivity contribution is 0.185. The average molecular weight is 361 g/mol. The van der Waals surface area contributed by atoms with Gasteiger partial charge in [-0.15, -0.1) is 0 Å². The molecule has 0 spiro atoms. The third kappa shape index (κ3) is 3.10. The zero-order valence-electron chi connectivity index (χ0n) is 13.7. The van der Waals surface area contributed by atoms with Gasteiger partial charge in [0.25, 0.3) is 0 Å². The number of amides is 2. The van der Waals surface area contributed by atoms with Crippen molar-refractivity contribution in [3.8, 4) is 0 Å². The predicted octanol–water partition coefficient (Wildman–Crippen LogP) is 4.09. The summed E-state index contributed by atoms with van der Waals surface area (Å²) in [6, 6.07) is 10.1. The lowest BCUT2D eigenvalue weighted by atomic mass is 10.0. The number of methoxy groups -OCH3 is 1. The molecule has 3 unspecified atom stereocenters. The first-order chi connectivity index (χ1) is 12.1. The molecule has 0 heterocycles. The molecule has 130 valence electrons. The van der Waals surface area contributed by atoms with Gasteiger partial charge in [-0.25, -0.2) is 9.18 Å². The van der Waals surface area contributed by atoms with Crippen LogP contribution >= 0.6 is 11.6 Å². The van der Waals surface area contributed by atoms with E-state index < -0.39 is 0 Å². The number of hydrogen-bond donors (Lipinski definition) is 2. The molecular formula is C19H18ClFN2O2. The van der Waals surface area contributed by atoms with E-state index in [-0.39, 0.29) is 17.9 Å². The van der Waals surface area contributed by atoms with Crippen LogP contribution in [0.2, 0.25) is 5.02 Å². The minimum atomic E-state index is -0.247. The van der Waals surface area contributed by atoms with Crippen molar-refractivity contribution in [2.45, 2.75) is 25.0 Å². The Morgan fingerprint density at radius 3 is 2.96 bits per heavy atom. The van der Waals surface area contributed by atoms with Crippen LogP contribution in [0.25, 0.3) is 0 Å². The van der Waals surface area contributed by atoms with Gasteiger partial charge in [0.2, 0.25) is 0 Å². The first-order valence-electron chi connectivity index (χ1n) is 8.20. The first kappa shape index (κ1) is 16.4. The van der Waals surface area contributed by atoms with E-state index in [0.29, 0.717) is 29.2 Å². The van der Waals surface area contributed by atoms with Crippen molar-refractivity contribution in [2.75, 3.05) is 12.4 Å². The standard InChI is InChI=1S/C19H18ClFN2O2/c1-25-9-11-6-12(20)2-5-16(11)22-19(24)23-18-15-8-10-7-13(21)3-4-14(10)17(15)18/h2-7,15,17-18H,8-9H2,1H3,(H2,22,23,24). The van der Waals surface area contributed by atoms with Crippen molar-refractivity contribution in [3.63, 3.8) is 0 Å². The summed E-state index contributed by atoms with van der Waals surface area (Å²) in [5, 5.41) is 6.49. The van der Waals surface area contributed by atoms with E-state index in [1.54, 1.807) is 31.4 Å². The van der Waals surface area contributed by atoms with E-state index >= 15 is 0 Å². The van der Waals surface area contributed by atoms with Crippen LogP contribution in [0, 0.1) is 11.7 Å². The number of carbonyl (C=O) groups excluding carboxylic acids is 1. The van der Waals surface area contributed by atoms with E-state index in [9.17, 15) is 9.18 Å². The minimum absolute atomic E-state index is 0.108. The second kappa shape index (κ2) is 6.32. The summed E-state index contributed by atoms with van der Waals surface area (Å²) in [4.78, 5) is 12.3. The molecular weight excluding hydrogens is 343 g/mol. The van der Waals surface area contributed by atoms with Gasteiger partial charge in [0.15, 0.2) is 0 Å². The maximum atomic E-state index is 13.3. The lowest BCUT2D eigenvalue weighted by Gasteiger charge is -2.13. The topological polar surface area (TPSA) is 50.4 Å². The van der Waals surface area contributed by atoms with Crippen molar-refractivity contribution >= 4 is 23.3 Å². The highest BCUT2D eigenvalue weighted by Gasteiger charge is 2.56. The lowest BCUT2D eigenvalue weighted by Crippen LogP contribution is -2.33. The summed E-state index contributed by atoms with van der Waals surface area (Å²) in [6.45, 7) is 0.365. The fourth-order valence-electron chi connectivity index (χ4n) is 3.85. The first-order valence-corrected chi connectivity index (χ1v) is 8.58. The number of ether oxygens (including phenoxy) is 1. The van der Waals surface area contributed by atoms with Crippen molar-refractivity contribution in [3.05, 3.63) is 63.9 Å². The molecule has 0 aromatic heterocycles. The Labute approximate surface area is 150 Å². The van der Waals surface area contributed by atoms with Gasteiger partial charge in [-0.1, -0.05) is 17.7 Å². The molecule has 1 fully saturated rings. The molecule has 4 nitrogen and oxygen atoms in total. The molecule has 0 aliphatic heterocycles. The molecule has 0 bridgehead atoms. The molecule has 1 saturated carbocycles. The normalized spacial score (nSPS) is 22.9. The Balaban J connectivity index is 1.41. The Morgan fingerprint density at radius 2 is 2.16 bits per heavy atom. The molecule has 25 heavy (non-hydrogen) atoms. The van der Waals surface area contributed by atoms with Crippen molar-refractivity contribution in [1.82, 2.24) is 5.32 Å². The van der Waals surface area contributed by atoms with Gasteiger partial charge in [-0.2, -0.15) is 0 Å². The number of fused-ring (bicyclic) bond motifs is 3. The molecule has 2 amide bonds. The van der Waals surface area contributed by atoms with Gasteiger partial charge in [0, 0.05) is 35.3 Å². The van der Waals surface area contributed by atoms with Crippen LogP contribution in [0.1, 0.15) is 22.6 Å². The molecule has 2 aliphatic carbocycles. The highest BCUT2D eigenvalue weighted by atomic mass is 35.5. The van der Waals surface area contributed by atoms with Crippen molar-refractivity contribution < 1.29 is 13.9 Å². The molecule has 0 saturated heterocycles. The monoisotopic (exact) mass is 360 g/mol. The highest BCUT2D eigenvalue weighted by molar-refractivity contribution is 6.30. The molecule has 2 aromatic rings. The Bertz CT molecular complexity index is 842. The highest BCUT2D eigenvalue weighted by Crippen LogP contribution is 2.56. The summed E-state index contributed by atoms with van der Waals surface area (Å²) < 4.78 is 18.4. The van der Waals surface area contributed by atoms with Gasteiger partial charge < -0.3 is 15.4 Å². The summed E-state index contributed by atoms with van der Waals surface area (Å²) in [5.74, 6) is 0.465. The summed E-state index contributed by atoms with van der Waals surface area (Å²) in [5.41, 5.74) is 3.72. The molecule has 3 atom stereocenters. The van der Waals surface area contributed by atoms with Crippen LogP contribution in [-0.4, -0.2) is 19.2 Å². The largest absolute Gasteiger partial charge is 0.380 e. The van der Waals surface area contributed by atoms with Gasteiger partial charge in [-0.05, 0) is 53.8 Å². The molecule has 2 aromatic carbocycles. The van der Waals surface area contributed by atoms with E-state index in [1.165, 1.54) is 6.07 Å². The third-order valence-corrected chi connectivity index (χ3v) is 5.24. The molecule has 6 heteroatoms. The van der Waals surface area contributed by atoms with Gasteiger partial charge in [0.05, 0.1) is 6.61 Å². The van der Waals surface area contributed by atoms with Crippen LogP contribution in [-0.2, 0) is 17.8 Å². The van der Waals surface area contributed by atoms with Gasteiger partial charge >= 0.3 is 6.03 Å². The van der Waals surface area contributed by atoms with Crippen molar-refractivity contribution in [2.24, 2.45) is 5.92 Å². The van der Waals surface area contributed by atoms with E-state index in [1.807, 2.05) is 6.07 Å². The van der Waals surface area contributed by atoms with Crippen LogP contribution in [0.15, 0.2) is 36.4 Å². The van der Waals surface area contributed by atoms with E-state index in [0.717, 1.165) is 23.1 Å². The molecule has 2 aliphatic rings.